The van der Waals surface area contributed by atoms with E-state index in [2.05, 4.69) is 37.6 Å². The van der Waals surface area contributed by atoms with Crippen molar-refractivity contribution in [2.45, 2.75) is 25.4 Å². The summed E-state index contributed by atoms with van der Waals surface area (Å²) in [6.07, 6.45) is 2.52. The van der Waals surface area contributed by atoms with Crippen LogP contribution in [0.5, 0.6) is 0 Å². The summed E-state index contributed by atoms with van der Waals surface area (Å²) < 4.78 is 1.15. The molecule has 0 amide bonds. The molecule has 82 valence electrons. The summed E-state index contributed by atoms with van der Waals surface area (Å²) in [5, 5.41) is 6.29. The molecule has 1 heterocycles. The summed E-state index contributed by atoms with van der Waals surface area (Å²) in [6, 6.07) is 2.77. The Balaban J connectivity index is 1.84. The van der Waals surface area contributed by atoms with E-state index in [1.54, 1.807) is 11.3 Å². The van der Waals surface area contributed by atoms with E-state index in [9.17, 15) is 0 Å². The SMILES string of the molecule is CN(Cc1cc(Br)cs1)C(=S)NC1CC1. The van der Waals surface area contributed by atoms with Crippen molar-refractivity contribution in [1.82, 2.24) is 10.2 Å². The van der Waals surface area contributed by atoms with Crippen LogP contribution in [0.2, 0.25) is 0 Å². The molecule has 0 atom stereocenters. The van der Waals surface area contributed by atoms with E-state index in [1.165, 1.54) is 17.7 Å². The topological polar surface area (TPSA) is 15.3 Å². The third-order valence-corrected chi connectivity index (χ3v) is 4.38. The molecule has 0 saturated heterocycles. The van der Waals surface area contributed by atoms with Crippen LogP contribution < -0.4 is 5.32 Å². The second kappa shape index (κ2) is 4.80. The Hall–Kier alpha value is -0.130. The lowest BCUT2D eigenvalue weighted by Gasteiger charge is -2.20. The molecule has 15 heavy (non-hydrogen) atoms. The van der Waals surface area contributed by atoms with Crippen LogP contribution in [0.3, 0.4) is 0 Å². The normalized spacial score (nSPS) is 15.1. The highest BCUT2D eigenvalue weighted by Gasteiger charge is 2.22. The predicted molar refractivity (Wildman–Crippen MR) is 72.2 cm³/mol. The zero-order valence-electron chi connectivity index (χ0n) is 8.50. The molecule has 1 aliphatic rings. The van der Waals surface area contributed by atoms with Crippen molar-refractivity contribution in [3.63, 3.8) is 0 Å². The van der Waals surface area contributed by atoms with Crippen LogP contribution in [0.15, 0.2) is 15.9 Å². The first-order valence-electron chi connectivity index (χ1n) is 4.89. The van der Waals surface area contributed by atoms with Gasteiger partial charge in [-0.15, -0.1) is 11.3 Å². The predicted octanol–water partition coefficient (Wildman–Crippen LogP) is 2.98. The van der Waals surface area contributed by atoms with Crippen molar-refractivity contribution < 1.29 is 0 Å². The van der Waals surface area contributed by atoms with E-state index in [1.807, 2.05) is 7.05 Å². The van der Waals surface area contributed by atoms with Crippen LogP contribution in [0, 0.1) is 0 Å². The summed E-state index contributed by atoms with van der Waals surface area (Å²) >= 11 is 10.5. The fourth-order valence-corrected chi connectivity index (χ4v) is 2.99. The van der Waals surface area contributed by atoms with Crippen molar-refractivity contribution >= 4 is 44.6 Å². The first-order valence-corrected chi connectivity index (χ1v) is 6.98. The molecule has 0 bridgehead atoms. The quantitative estimate of drug-likeness (QED) is 0.864. The molecule has 0 radical (unpaired) electrons. The van der Waals surface area contributed by atoms with Crippen LogP contribution in [-0.2, 0) is 6.54 Å². The van der Waals surface area contributed by atoms with Crippen LogP contribution in [-0.4, -0.2) is 23.1 Å². The minimum atomic E-state index is 0.634. The fourth-order valence-electron chi connectivity index (χ4n) is 1.25. The number of rotatable bonds is 3. The molecule has 1 fully saturated rings. The van der Waals surface area contributed by atoms with Crippen molar-refractivity contribution in [2.24, 2.45) is 0 Å². The average molecular weight is 305 g/mol. The Morgan fingerprint density at radius 2 is 2.47 bits per heavy atom. The van der Waals surface area contributed by atoms with Crippen molar-refractivity contribution in [3.05, 3.63) is 20.8 Å². The van der Waals surface area contributed by atoms with Gasteiger partial charge in [-0.2, -0.15) is 0 Å². The van der Waals surface area contributed by atoms with Gasteiger partial charge in [0.15, 0.2) is 5.11 Å². The number of nitrogens with one attached hydrogen (secondary N) is 1. The Kier molecular flexibility index (Phi) is 3.64. The smallest absolute Gasteiger partial charge is 0.169 e. The number of thiocarbonyl (C=S) groups is 1. The summed E-state index contributed by atoms with van der Waals surface area (Å²) in [7, 11) is 2.03. The average Bonchev–Trinajstić information content (AvgIpc) is 2.90. The van der Waals surface area contributed by atoms with Gasteiger partial charge in [0, 0.05) is 27.8 Å². The largest absolute Gasteiger partial charge is 0.360 e. The summed E-state index contributed by atoms with van der Waals surface area (Å²) in [6.45, 7) is 0.884. The molecule has 0 unspecified atom stereocenters. The summed E-state index contributed by atoms with van der Waals surface area (Å²) in [5.74, 6) is 0. The molecular formula is C10H13BrN2S2. The fraction of sp³-hybridized carbons (Fsp3) is 0.500. The molecule has 1 aromatic rings. The molecular weight excluding hydrogens is 292 g/mol. The first-order chi connectivity index (χ1) is 7.15. The van der Waals surface area contributed by atoms with E-state index in [-0.39, 0.29) is 0 Å². The zero-order chi connectivity index (χ0) is 10.8. The lowest BCUT2D eigenvalue weighted by atomic mass is 10.4. The van der Waals surface area contributed by atoms with Crippen LogP contribution in [0.25, 0.3) is 0 Å². The lowest BCUT2D eigenvalue weighted by Crippen LogP contribution is -2.37. The Bertz CT molecular complexity index is 360. The lowest BCUT2D eigenvalue weighted by molar-refractivity contribution is 0.493. The maximum atomic E-state index is 5.31. The van der Waals surface area contributed by atoms with E-state index in [0.29, 0.717) is 6.04 Å². The van der Waals surface area contributed by atoms with Crippen molar-refractivity contribution in [1.29, 1.82) is 0 Å². The van der Waals surface area contributed by atoms with E-state index >= 15 is 0 Å². The van der Waals surface area contributed by atoms with E-state index in [4.69, 9.17) is 12.2 Å². The van der Waals surface area contributed by atoms with Gasteiger partial charge in [-0.25, -0.2) is 0 Å². The van der Waals surface area contributed by atoms with Gasteiger partial charge in [0.2, 0.25) is 0 Å². The number of nitrogens with zero attached hydrogens (tertiary/aromatic N) is 1. The monoisotopic (exact) mass is 304 g/mol. The molecule has 1 N–H and O–H groups in total. The Labute approximate surface area is 108 Å². The standard InChI is InChI=1S/C10H13BrN2S2/c1-13(10(14)12-8-2-3-8)5-9-4-7(11)6-15-9/h4,6,8H,2-3,5H2,1H3,(H,12,14). The Morgan fingerprint density at radius 3 is 3.00 bits per heavy atom. The third-order valence-electron chi connectivity index (χ3n) is 2.27. The minimum absolute atomic E-state index is 0.634. The highest BCUT2D eigenvalue weighted by Crippen LogP contribution is 2.22. The van der Waals surface area contributed by atoms with Gasteiger partial charge in [0.25, 0.3) is 0 Å². The summed E-state index contributed by atoms with van der Waals surface area (Å²) in [4.78, 5) is 3.41. The highest BCUT2D eigenvalue weighted by molar-refractivity contribution is 9.10. The molecule has 1 aliphatic carbocycles. The second-order valence-electron chi connectivity index (χ2n) is 3.81. The van der Waals surface area contributed by atoms with Crippen molar-refractivity contribution in [3.8, 4) is 0 Å². The van der Waals surface area contributed by atoms with Crippen LogP contribution in [0.4, 0.5) is 0 Å². The van der Waals surface area contributed by atoms with Crippen LogP contribution >= 0.6 is 39.5 Å². The van der Waals surface area contributed by atoms with Gasteiger partial charge < -0.3 is 10.2 Å². The zero-order valence-corrected chi connectivity index (χ0v) is 11.7. The van der Waals surface area contributed by atoms with Gasteiger partial charge in [-0.05, 0) is 47.1 Å². The molecule has 0 aromatic carbocycles. The van der Waals surface area contributed by atoms with Gasteiger partial charge >= 0.3 is 0 Å². The van der Waals surface area contributed by atoms with E-state index in [0.717, 1.165) is 16.1 Å². The maximum Gasteiger partial charge on any atom is 0.169 e. The third kappa shape index (κ3) is 3.43. The number of hydrogen-bond donors (Lipinski definition) is 1. The number of hydrogen-bond acceptors (Lipinski definition) is 2. The molecule has 0 spiro atoms. The van der Waals surface area contributed by atoms with Gasteiger partial charge in [0.05, 0.1) is 6.54 Å². The molecule has 1 aromatic heterocycles. The van der Waals surface area contributed by atoms with Gasteiger partial charge in [0.1, 0.15) is 0 Å². The molecule has 2 nitrogen and oxygen atoms in total. The highest BCUT2D eigenvalue weighted by atomic mass is 79.9. The van der Waals surface area contributed by atoms with Gasteiger partial charge in [-0.3, -0.25) is 0 Å². The number of thiophene rings is 1. The minimum Gasteiger partial charge on any atom is -0.360 e. The molecule has 0 aliphatic heterocycles. The first kappa shape index (κ1) is 11.4. The summed E-state index contributed by atoms with van der Waals surface area (Å²) in [5.41, 5.74) is 0. The second-order valence-corrected chi connectivity index (χ2v) is 6.11. The molecule has 5 heteroatoms. The van der Waals surface area contributed by atoms with Crippen molar-refractivity contribution in [2.75, 3.05) is 7.05 Å². The molecule has 2 rings (SSSR count). The number of halogens is 1. The maximum absolute atomic E-state index is 5.31. The van der Waals surface area contributed by atoms with E-state index < -0.39 is 0 Å². The molecule has 1 saturated carbocycles. The Morgan fingerprint density at radius 1 is 1.73 bits per heavy atom. The van der Waals surface area contributed by atoms with Gasteiger partial charge in [-0.1, -0.05) is 0 Å². The van der Waals surface area contributed by atoms with Crippen LogP contribution in [0.1, 0.15) is 17.7 Å².